The maximum absolute atomic E-state index is 12.2. The van der Waals surface area contributed by atoms with Crippen LogP contribution in [0.3, 0.4) is 0 Å². The Kier molecular flexibility index (Phi) is 5.22. The van der Waals surface area contributed by atoms with Crippen LogP contribution in [0.4, 0.5) is 10.7 Å². The number of urea groups is 1. The summed E-state index contributed by atoms with van der Waals surface area (Å²) in [6, 6.07) is 3.90. The first-order valence-electron chi connectivity index (χ1n) is 6.73. The largest absolute Gasteiger partial charge is 0.481 e. The van der Waals surface area contributed by atoms with E-state index in [2.05, 4.69) is 15.3 Å². The maximum Gasteiger partial charge on any atom is 0.335 e. The first-order valence-corrected chi connectivity index (χ1v) is 8.22. The van der Waals surface area contributed by atoms with Crippen LogP contribution in [0.25, 0.3) is 0 Å². The zero-order valence-electron chi connectivity index (χ0n) is 13.5. The van der Waals surface area contributed by atoms with E-state index in [1.807, 2.05) is 0 Å². The number of rotatable bonds is 5. The number of nitrogens with one attached hydrogen (secondary N) is 2. The topological polar surface area (TPSA) is 142 Å². The van der Waals surface area contributed by atoms with Gasteiger partial charge in [-0.05, 0) is 6.07 Å². The van der Waals surface area contributed by atoms with Gasteiger partial charge in [0.05, 0.1) is 20.3 Å². The maximum atomic E-state index is 12.2. The van der Waals surface area contributed by atoms with E-state index in [0.717, 1.165) is 4.57 Å². The van der Waals surface area contributed by atoms with Crippen molar-refractivity contribution in [3.8, 4) is 11.8 Å². The summed E-state index contributed by atoms with van der Waals surface area (Å²) in [6.07, 6.45) is 0. The molecule has 0 aliphatic rings. The molecule has 2 rings (SSSR count). The second kappa shape index (κ2) is 7.17. The quantitative estimate of drug-likeness (QED) is 0.732. The van der Waals surface area contributed by atoms with Gasteiger partial charge in [-0.15, -0.1) is 0 Å². The molecule has 0 spiro atoms. The van der Waals surface area contributed by atoms with Crippen LogP contribution in [0, 0.1) is 0 Å². The van der Waals surface area contributed by atoms with Gasteiger partial charge < -0.3 is 14.0 Å². The van der Waals surface area contributed by atoms with Crippen molar-refractivity contribution < 1.29 is 22.7 Å². The van der Waals surface area contributed by atoms with Crippen molar-refractivity contribution in [3.05, 3.63) is 34.6 Å². The van der Waals surface area contributed by atoms with Gasteiger partial charge in [0, 0.05) is 13.1 Å². The summed E-state index contributed by atoms with van der Waals surface area (Å²) in [5, 5.41) is 1.78. The first-order chi connectivity index (χ1) is 11.8. The first kappa shape index (κ1) is 18.2. The molecule has 2 N–H and O–H groups in total. The van der Waals surface area contributed by atoms with E-state index in [4.69, 9.17) is 9.47 Å². The molecule has 2 heterocycles. The molecule has 0 saturated carbocycles. The van der Waals surface area contributed by atoms with E-state index in [1.165, 1.54) is 45.5 Å². The Bertz CT molecular complexity index is 933. The minimum absolute atomic E-state index is 0.107. The molecule has 2 aromatic heterocycles. The number of methoxy groups -OCH3 is 2. The van der Waals surface area contributed by atoms with Crippen molar-refractivity contribution in [2.75, 3.05) is 19.5 Å². The minimum atomic E-state index is -4.28. The lowest BCUT2D eigenvalue weighted by Crippen LogP contribution is -2.37. The van der Waals surface area contributed by atoms with E-state index < -0.39 is 21.6 Å². The number of carbonyl (C=O) groups excluding carboxylic acids is 1. The third kappa shape index (κ3) is 4.23. The number of aromatic nitrogens is 3. The van der Waals surface area contributed by atoms with Crippen LogP contribution >= 0.6 is 0 Å². The summed E-state index contributed by atoms with van der Waals surface area (Å²) < 4.78 is 37.0. The molecule has 0 saturated heterocycles. The Morgan fingerprint density at radius 3 is 2.32 bits per heavy atom. The van der Waals surface area contributed by atoms with Crippen LogP contribution in [0.15, 0.2) is 34.1 Å². The summed E-state index contributed by atoms with van der Waals surface area (Å²) in [4.78, 5) is 31.2. The van der Waals surface area contributed by atoms with Crippen LogP contribution in [-0.2, 0) is 17.1 Å². The van der Waals surface area contributed by atoms with E-state index in [1.54, 1.807) is 4.72 Å². The van der Waals surface area contributed by atoms with Gasteiger partial charge in [-0.25, -0.2) is 9.52 Å². The van der Waals surface area contributed by atoms with E-state index >= 15 is 0 Å². The zero-order chi connectivity index (χ0) is 18.6. The Morgan fingerprint density at radius 1 is 1.16 bits per heavy atom. The standard InChI is InChI=1S/C13H15N5O6S/c1-18-10(19)5-4-6-11(18)25(21,22)17-13(20)16-12-14-8(23-2)7-9(15-12)24-3/h4-7H,1-3H3,(H2,14,15,16,17,20). The fraction of sp³-hybridized carbons (Fsp3) is 0.231. The molecule has 0 aliphatic heterocycles. The Hall–Kier alpha value is -3.15. The lowest BCUT2D eigenvalue weighted by molar-refractivity contribution is 0.256. The SMILES string of the molecule is COc1cc(OC)nc(NC(=O)NS(=O)(=O)c2cccc(=O)n2C)n1. The number of sulfonamides is 1. The van der Waals surface area contributed by atoms with Gasteiger partial charge >= 0.3 is 6.03 Å². The van der Waals surface area contributed by atoms with Crippen LogP contribution in [-0.4, -0.2) is 43.2 Å². The average molecular weight is 369 g/mol. The van der Waals surface area contributed by atoms with E-state index in [-0.39, 0.29) is 22.7 Å². The molecule has 0 atom stereocenters. The van der Waals surface area contributed by atoms with Crippen molar-refractivity contribution >= 4 is 22.0 Å². The number of amides is 2. The molecule has 0 radical (unpaired) electrons. The molecule has 11 nitrogen and oxygen atoms in total. The summed E-state index contributed by atoms with van der Waals surface area (Å²) in [5.74, 6) is -0.0169. The molecule has 0 aromatic carbocycles. The predicted octanol–water partition coefficient (Wildman–Crippen LogP) is -0.297. The van der Waals surface area contributed by atoms with Crippen molar-refractivity contribution in [2.45, 2.75) is 5.03 Å². The van der Waals surface area contributed by atoms with Gasteiger partial charge in [0.1, 0.15) is 0 Å². The highest BCUT2D eigenvalue weighted by Crippen LogP contribution is 2.17. The monoisotopic (exact) mass is 369 g/mol. The summed E-state index contributed by atoms with van der Waals surface area (Å²) in [7, 11) is -0.306. The number of pyridine rings is 1. The van der Waals surface area contributed by atoms with Gasteiger partial charge in [0.25, 0.3) is 15.6 Å². The molecule has 0 bridgehead atoms. The molecule has 2 aromatic rings. The molecule has 0 aliphatic carbocycles. The molecule has 25 heavy (non-hydrogen) atoms. The lowest BCUT2D eigenvalue weighted by atomic mass is 10.5. The Balaban J connectivity index is 2.22. The highest BCUT2D eigenvalue weighted by Gasteiger charge is 2.21. The van der Waals surface area contributed by atoms with Crippen LogP contribution in [0.5, 0.6) is 11.8 Å². The zero-order valence-corrected chi connectivity index (χ0v) is 14.3. The molecule has 0 unspecified atom stereocenters. The molecule has 0 fully saturated rings. The number of nitrogens with zero attached hydrogens (tertiary/aromatic N) is 3. The Labute approximate surface area is 142 Å². The lowest BCUT2D eigenvalue weighted by Gasteiger charge is -2.11. The molecule has 12 heteroatoms. The third-order valence-electron chi connectivity index (χ3n) is 2.96. The molecule has 134 valence electrons. The summed E-state index contributed by atoms with van der Waals surface area (Å²) in [5.41, 5.74) is -0.538. The van der Waals surface area contributed by atoms with Crippen molar-refractivity contribution in [2.24, 2.45) is 7.05 Å². The van der Waals surface area contributed by atoms with Gasteiger partial charge in [0.15, 0.2) is 5.03 Å². The average Bonchev–Trinajstić information content (AvgIpc) is 2.56. The van der Waals surface area contributed by atoms with Crippen molar-refractivity contribution in [1.29, 1.82) is 0 Å². The fourth-order valence-corrected chi connectivity index (χ4v) is 2.89. The van der Waals surface area contributed by atoms with Crippen molar-refractivity contribution in [3.63, 3.8) is 0 Å². The predicted molar refractivity (Wildman–Crippen MR) is 86.2 cm³/mol. The number of carbonyl (C=O) groups is 1. The van der Waals surface area contributed by atoms with Crippen LogP contribution < -0.4 is 25.1 Å². The normalized spacial score (nSPS) is 10.8. The van der Waals surface area contributed by atoms with Gasteiger partial charge in [0.2, 0.25) is 17.7 Å². The van der Waals surface area contributed by atoms with Crippen LogP contribution in [0.2, 0.25) is 0 Å². The molecular weight excluding hydrogens is 354 g/mol. The number of hydrogen-bond acceptors (Lipinski definition) is 8. The molecular formula is C13H15N5O6S. The summed E-state index contributed by atoms with van der Waals surface area (Å²) >= 11 is 0. The highest BCUT2D eigenvalue weighted by atomic mass is 32.2. The van der Waals surface area contributed by atoms with Gasteiger partial charge in [-0.1, -0.05) is 6.07 Å². The van der Waals surface area contributed by atoms with E-state index in [9.17, 15) is 18.0 Å². The highest BCUT2D eigenvalue weighted by molar-refractivity contribution is 7.90. The number of hydrogen-bond donors (Lipinski definition) is 2. The number of ether oxygens (including phenoxy) is 2. The van der Waals surface area contributed by atoms with Crippen LogP contribution in [0.1, 0.15) is 0 Å². The fourth-order valence-electron chi connectivity index (χ4n) is 1.79. The van der Waals surface area contributed by atoms with Gasteiger partial charge in [-0.3, -0.25) is 10.1 Å². The van der Waals surface area contributed by atoms with Gasteiger partial charge in [-0.2, -0.15) is 18.4 Å². The minimum Gasteiger partial charge on any atom is -0.481 e. The van der Waals surface area contributed by atoms with Crippen molar-refractivity contribution in [1.82, 2.24) is 19.3 Å². The number of anilines is 1. The molecule has 2 amide bonds. The second-order valence-corrected chi connectivity index (χ2v) is 6.23. The third-order valence-corrected chi connectivity index (χ3v) is 4.38. The second-order valence-electron chi connectivity index (χ2n) is 4.60. The Morgan fingerprint density at radius 2 is 1.76 bits per heavy atom. The smallest absolute Gasteiger partial charge is 0.335 e. The van der Waals surface area contributed by atoms with E-state index in [0.29, 0.717) is 0 Å². The summed E-state index contributed by atoms with van der Waals surface area (Å²) in [6.45, 7) is 0.